The Labute approximate surface area is 138 Å². The number of hydrogen-bond donors (Lipinski definition) is 1. The van der Waals surface area contributed by atoms with E-state index in [2.05, 4.69) is 12.2 Å². The van der Waals surface area contributed by atoms with E-state index in [-0.39, 0.29) is 0 Å². The first kappa shape index (κ1) is 15.5. The summed E-state index contributed by atoms with van der Waals surface area (Å²) >= 11 is 0. The van der Waals surface area contributed by atoms with Crippen molar-refractivity contribution < 1.29 is 0 Å². The minimum atomic E-state index is 0.591. The lowest BCUT2D eigenvalue weighted by Gasteiger charge is -2.57. The van der Waals surface area contributed by atoms with Gasteiger partial charge in [-0.3, -0.25) is 0 Å². The van der Waals surface area contributed by atoms with Crippen molar-refractivity contribution in [3.63, 3.8) is 0 Å². The molecule has 0 radical (unpaired) electrons. The highest BCUT2D eigenvalue weighted by Gasteiger charge is 2.50. The summed E-state index contributed by atoms with van der Waals surface area (Å²) in [5.74, 6) is 5.32. The SMILES string of the molecule is CCCCC1CCC(CNC23CC4CC(CC(C4)C2)C3)CC1. The number of unbranched alkanes of at least 4 members (excludes halogenated alkanes) is 1. The Balaban J connectivity index is 1.24. The topological polar surface area (TPSA) is 12.0 Å². The molecule has 0 unspecified atom stereocenters. The summed E-state index contributed by atoms with van der Waals surface area (Å²) in [6.07, 6.45) is 19.7. The van der Waals surface area contributed by atoms with Crippen LogP contribution in [0.4, 0.5) is 0 Å². The monoisotopic (exact) mass is 303 g/mol. The van der Waals surface area contributed by atoms with Crippen LogP contribution >= 0.6 is 0 Å². The van der Waals surface area contributed by atoms with Gasteiger partial charge in [-0.15, -0.1) is 0 Å². The van der Waals surface area contributed by atoms with Crippen molar-refractivity contribution in [2.75, 3.05) is 6.54 Å². The number of nitrogens with one attached hydrogen (secondary N) is 1. The van der Waals surface area contributed by atoms with Gasteiger partial charge in [0.25, 0.3) is 0 Å². The molecular formula is C21H37N. The predicted octanol–water partition coefficient (Wildman–Crippen LogP) is 5.54. The largest absolute Gasteiger partial charge is 0.311 e. The molecule has 0 amide bonds. The quantitative estimate of drug-likeness (QED) is 0.679. The van der Waals surface area contributed by atoms with Gasteiger partial charge >= 0.3 is 0 Å². The molecule has 22 heavy (non-hydrogen) atoms. The molecule has 0 atom stereocenters. The molecule has 126 valence electrons. The molecule has 1 heteroatoms. The lowest BCUT2D eigenvalue weighted by Crippen LogP contribution is -2.59. The predicted molar refractivity (Wildman–Crippen MR) is 93.9 cm³/mol. The standard InChI is InChI=1S/C21H37N/c1-2-3-4-16-5-7-17(8-6-16)15-22-21-12-18-9-19(13-21)11-20(10-18)14-21/h16-20,22H,2-15H2,1H3. The highest BCUT2D eigenvalue weighted by Crippen LogP contribution is 2.55. The van der Waals surface area contributed by atoms with Crippen LogP contribution in [0.25, 0.3) is 0 Å². The van der Waals surface area contributed by atoms with Crippen molar-refractivity contribution in [1.29, 1.82) is 0 Å². The molecule has 0 spiro atoms. The summed E-state index contributed by atoms with van der Waals surface area (Å²) in [5.41, 5.74) is 0.591. The van der Waals surface area contributed by atoms with E-state index in [1.165, 1.54) is 70.8 Å². The van der Waals surface area contributed by atoms with E-state index in [4.69, 9.17) is 0 Å². The minimum absolute atomic E-state index is 0.591. The Hall–Kier alpha value is -0.0400. The molecule has 0 heterocycles. The van der Waals surface area contributed by atoms with Crippen molar-refractivity contribution in [2.45, 2.75) is 95.9 Å². The van der Waals surface area contributed by atoms with Gasteiger partial charge < -0.3 is 5.32 Å². The molecule has 5 aliphatic carbocycles. The van der Waals surface area contributed by atoms with Crippen LogP contribution in [0.1, 0.15) is 90.4 Å². The molecule has 5 aliphatic rings. The Bertz CT molecular complexity index is 331. The Kier molecular flexibility index (Phi) is 4.55. The summed E-state index contributed by atoms with van der Waals surface area (Å²) < 4.78 is 0. The zero-order valence-corrected chi connectivity index (χ0v) is 14.8. The van der Waals surface area contributed by atoms with Gasteiger partial charge in [0.15, 0.2) is 0 Å². The average Bonchev–Trinajstić information content (AvgIpc) is 2.51. The first-order chi connectivity index (χ1) is 10.7. The van der Waals surface area contributed by atoms with Crippen LogP contribution in [0.3, 0.4) is 0 Å². The third-order valence-electron chi connectivity index (χ3n) is 7.74. The first-order valence-corrected chi connectivity index (χ1v) is 10.5. The number of hydrogen-bond acceptors (Lipinski definition) is 1. The molecule has 0 aliphatic heterocycles. The van der Waals surface area contributed by atoms with E-state index in [1.54, 1.807) is 19.3 Å². The Morgan fingerprint density at radius 3 is 1.91 bits per heavy atom. The van der Waals surface area contributed by atoms with E-state index < -0.39 is 0 Å². The van der Waals surface area contributed by atoms with Gasteiger partial charge in [-0.25, -0.2) is 0 Å². The molecule has 0 saturated heterocycles. The zero-order chi connectivity index (χ0) is 15.0. The van der Waals surface area contributed by atoms with Gasteiger partial charge in [0.1, 0.15) is 0 Å². The van der Waals surface area contributed by atoms with Crippen molar-refractivity contribution in [1.82, 2.24) is 5.32 Å². The van der Waals surface area contributed by atoms with E-state index >= 15 is 0 Å². The summed E-state index contributed by atoms with van der Waals surface area (Å²) in [6, 6.07) is 0. The van der Waals surface area contributed by atoms with Gasteiger partial charge in [-0.1, -0.05) is 39.0 Å². The maximum absolute atomic E-state index is 4.15. The van der Waals surface area contributed by atoms with Crippen LogP contribution < -0.4 is 5.32 Å². The van der Waals surface area contributed by atoms with E-state index in [0.29, 0.717) is 5.54 Å². The molecule has 0 aromatic rings. The molecule has 0 aromatic carbocycles. The van der Waals surface area contributed by atoms with Crippen molar-refractivity contribution in [3.05, 3.63) is 0 Å². The third kappa shape index (κ3) is 3.25. The summed E-state index contributed by atoms with van der Waals surface area (Å²) in [4.78, 5) is 0. The van der Waals surface area contributed by atoms with Crippen LogP contribution in [0.5, 0.6) is 0 Å². The van der Waals surface area contributed by atoms with Gasteiger partial charge in [0.2, 0.25) is 0 Å². The Morgan fingerprint density at radius 1 is 0.818 bits per heavy atom. The van der Waals surface area contributed by atoms with Crippen molar-refractivity contribution in [2.24, 2.45) is 29.6 Å². The van der Waals surface area contributed by atoms with Crippen LogP contribution in [0.15, 0.2) is 0 Å². The van der Waals surface area contributed by atoms with Gasteiger partial charge in [-0.05, 0) is 87.5 Å². The van der Waals surface area contributed by atoms with E-state index in [0.717, 1.165) is 29.6 Å². The van der Waals surface area contributed by atoms with Crippen molar-refractivity contribution >= 4 is 0 Å². The molecule has 5 fully saturated rings. The third-order valence-corrected chi connectivity index (χ3v) is 7.74. The fourth-order valence-corrected chi connectivity index (χ4v) is 6.91. The lowest BCUT2D eigenvalue weighted by molar-refractivity contribution is -0.0221. The number of rotatable bonds is 6. The van der Waals surface area contributed by atoms with Crippen LogP contribution in [-0.2, 0) is 0 Å². The normalized spacial score (nSPS) is 47.0. The van der Waals surface area contributed by atoms with Gasteiger partial charge in [0.05, 0.1) is 0 Å². The molecule has 5 saturated carbocycles. The van der Waals surface area contributed by atoms with Gasteiger partial charge in [0, 0.05) is 5.54 Å². The zero-order valence-electron chi connectivity index (χ0n) is 14.8. The smallest absolute Gasteiger partial charge is 0.0189 e. The summed E-state index contributed by atoms with van der Waals surface area (Å²) in [7, 11) is 0. The molecule has 4 bridgehead atoms. The van der Waals surface area contributed by atoms with E-state index in [1.807, 2.05) is 0 Å². The minimum Gasteiger partial charge on any atom is -0.311 e. The fourth-order valence-electron chi connectivity index (χ4n) is 6.91. The first-order valence-electron chi connectivity index (χ1n) is 10.5. The Morgan fingerprint density at radius 2 is 1.36 bits per heavy atom. The molecule has 5 rings (SSSR count). The molecular weight excluding hydrogens is 266 g/mol. The van der Waals surface area contributed by atoms with Crippen LogP contribution in [0.2, 0.25) is 0 Å². The van der Waals surface area contributed by atoms with E-state index in [9.17, 15) is 0 Å². The van der Waals surface area contributed by atoms with Gasteiger partial charge in [-0.2, -0.15) is 0 Å². The van der Waals surface area contributed by atoms with Crippen LogP contribution in [0, 0.1) is 29.6 Å². The second-order valence-electron chi connectivity index (χ2n) is 9.61. The fraction of sp³-hybridized carbons (Fsp3) is 1.00. The van der Waals surface area contributed by atoms with Crippen LogP contribution in [-0.4, -0.2) is 12.1 Å². The maximum Gasteiger partial charge on any atom is 0.0189 e. The second kappa shape index (κ2) is 6.46. The molecule has 0 aromatic heterocycles. The maximum atomic E-state index is 4.15. The summed E-state index contributed by atoms with van der Waals surface area (Å²) in [5, 5.41) is 4.15. The molecule has 1 N–H and O–H groups in total. The highest BCUT2D eigenvalue weighted by molar-refractivity contribution is 5.06. The average molecular weight is 304 g/mol. The van der Waals surface area contributed by atoms with Crippen molar-refractivity contribution in [3.8, 4) is 0 Å². The highest BCUT2D eigenvalue weighted by atomic mass is 15.0. The molecule has 1 nitrogen and oxygen atoms in total. The summed E-state index contributed by atoms with van der Waals surface area (Å²) in [6.45, 7) is 3.67. The second-order valence-corrected chi connectivity index (χ2v) is 9.61. The lowest BCUT2D eigenvalue weighted by atomic mass is 9.53.